The van der Waals surface area contributed by atoms with E-state index in [1.165, 1.54) is 12.1 Å². The molecule has 0 aliphatic heterocycles. The van der Waals surface area contributed by atoms with Crippen LogP contribution in [0.25, 0.3) is 0 Å². The Morgan fingerprint density at radius 3 is 2.62 bits per heavy atom. The molecule has 0 aliphatic carbocycles. The Balaban J connectivity index is 2.80. The molecule has 1 aromatic carbocycles. The van der Waals surface area contributed by atoms with Crippen LogP contribution in [0, 0.1) is 11.7 Å². The molecule has 2 nitrogen and oxygen atoms in total. The van der Waals surface area contributed by atoms with E-state index in [4.69, 9.17) is 10.5 Å². The largest absolute Gasteiger partial charge is 0.493 e. The second-order valence-electron chi connectivity index (χ2n) is 4.30. The van der Waals surface area contributed by atoms with E-state index in [1.54, 1.807) is 6.07 Å². The molecule has 16 heavy (non-hydrogen) atoms. The molecule has 0 amide bonds. The molecule has 0 spiro atoms. The van der Waals surface area contributed by atoms with E-state index in [0.29, 0.717) is 18.3 Å². The summed E-state index contributed by atoms with van der Waals surface area (Å²) >= 11 is 0. The van der Waals surface area contributed by atoms with Crippen molar-refractivity contribution in [2.45, 2.75) is 33.2 Å². The number of rotatable bonds is 5. The van der Waals surface area contributed by atoms with E-state index in [0.717, 1.165) is 12.0 Å². The maximum atomic E-state index is 13.1. The van der Waals surface area contributed by atoms with Crippen molar-refractivity contribution in [1.29, 1.82) is 0 Å². The first-order valence-corrected chi connectivity index (χ1v) is 5.72. The fraction of sp³-hybridized carbons (Fsp3) is 0.538. The molecule has 2 N–H and O–H groups in total. The van der Waals surface area contributed by atoms with Crippen LogP contribution in [0.5, 0.6) is 5.75 Å². The molecule has 0 saturated heterocycles. The minimum atomic E-state index is -0.288. The van der Waals surface area contributed by atoms with Crippen LogP contribution in [0.1, 0.15) is 38.8 Å². The summed E-state index contributed by atoms with van der Waals surface area (Å²) in [6.45, 7) is 6.67. The third kappa shape index (κ3) is 3.49. The van der Waals surface area contributed by atoms with Crippen molar-refractivity contribution >= 4 is 0 Å². The standard InChI is InChI=1S/C13H20FNO/c1-4-9(2)8-16-13-7-11(14)5-6-12(13)10(3)15/h5-7,9-10H,4,8,15H2,1-3H3/t9?,10-/m0/s1. The lowest BCUT2D eigenvalue weighted by Crippen LogP contribution is -2.12. The lowest BCUT2D eigenvalue weighted by atomic mass is 10.1. The van der Waals surface area contributed by atoms with Gasteiger partial charge < -0.3 is 10.5 Å². The molecule has 0 radical (unpaired) electrons. The van der Waals surface area contributed by atoms with Gasteiger partial charge in [-0.1, -0.05) is 26.3 Å². The number of benzene rings is 1. The van der Waals surface area contributed by atoms with Crippen LogP contribution < -0.4 is 10.5 Å². The van der Waals surface area contributed by atoms with Gasteiger partial charge >= 0.3 is 0 Å². The van der Waals surface area contributed by atoms with Crippen molar-refractivity contribution in [3.8, 4) is 5.75 Å². The summed E-state index contributed by atoms with van der Waals surface area (Å²) < 4.78 is 18.7. The first-order chi connectivity index (χ1) is 7.54. The minimum absolute atomic E-state index is 0.146. The Hall–Kier alpha value is -1.09. The van der Waals surface area contributed by atoms with Gasteiger partial charge in [-0.25, -0.2) is 4.39 Å². The van der Waals surface area contributed by atoms with Crippen molar-refractivity contribution in [3.63, 3.8) is 0 Å². The van der Waals surface area contributed by atoms with Gasteiger partial charge in [0.1, 0.15) is 11.6 Å². The Labute approximate surface area is 96.6 Å². The highest BCUT2D eigenvalue weighted by molar-refractivity contribution is 5.36. The summed E-state index contributed by atoms with van der Waals surface area (Å²) in [7, 11) is 0. The SMILES string of the molecule is CCC(C)COc1cc(F)ccc1[C@H](C)N. The second kappa shape index (κ2) is 5.85. The average Bonchev–Trinajstić information content (AvgIpc) is 2.25. The molecule has 0 fully saturated rings. The molecule has 0 heterocycles. The van der Waals surface area contributed by atoms with E-state index >= 15 is 0 Å². The highest BCUT2D eigenvalue weighted by Gasteiger charge is 2.10. The summed E-state index contributed by atoms with van der Waals surface area (Å²) in [6, 6.07) is 4.36. The van der Waals surface area contributed by atoms with Gasteiger partial charge in [0, 0.05) is 17.7 Å². The molecule has 3 heteroatoms. The van der Waals surface area contributed by atoms with Crippen LogP contribution in [0.2, 0.25) is 0 Å². The van der Waals surface area contributed by atoms with E-state index in [-0.39, 0.29) is 11.9 Å². The number of ether oxygens (including phenoxy) is 1. The van der Waals surface area contributed by atoms with E-state index < -0.39 is 0 Å². The lowest BCUT2D eigenvalue weighted by molar-refractivity contribution is 0.252. The third-order valence-corrected chi connectivity index (χ3v) is 2.69. The molecular weight excluding hydrogens is 205 g/mol. The number of hydrogen-bond donors (Lipinski definition) is 1. The zero-order valence-electron chi connectivity index (χ0n) is 10.2. The number of nitrogens with two attached hydrogens (primary N) is 1. The van der Waals surface area contributed by atoms with Crippen LogP contribution in [0.4, 0.5) is 4.39 Å². The molecule has 90 valence electrons. The smallest absolute Gasteiger partial charge is 0.126 e. The predicted octanol–water partition coefficient (Wildman–Crippen LogP) is 3.27. The van der Waals surface area contributed by atoms with E-state index in [1.807, 2.05) is 6.92 Å². The number of halogens is 1. The highest BCUT2D eigenvalue weighted by Crippen LogP contribution is 2.25. The molecule has 1 unspecified atom stereocenters. The van der Waals surface area contributed by atoms with Crippen LogP contribution in [0.15, 0.2) is 18.2 Å². The normalized spacial score (nSPS) is 14.6. The predicted molar refractivity (Wildman–Crippen MR) is 64.0 cm³/mol. The van der Waals surface area contributed by atoms with Gasteiger partial charge in [-0.3, -0.25) is 0 Å². The van der Waals surface area contributed by atoms with Gasteiger partial charge in [-0.15, -0.1) is 0 Å². The summed E-state index contributed by atoms with van der Waals surface area (Å²) in [5.74, 6) is 0.739. The van der Waals surface area contributed by atoms with Crippen LogP contribution in [0.3, 0.4) is 0 Å². The van der Waals surface area contributed by atoms with Crippen molar-refractivity contribution in [2.75, 3.05) is 6.61 Å². The van der Waals surface area contributed by atoms with Crippen LogP contribution in [-0.4, -0.2) is 6.61 Å². The Kier molecular flexibility index (Phi) is 4.74. The number of hydrogen-bond acceptors (Lipinski definition) is 2. The van der Waals surface area contributed by atoms with E-state index in [2.05, 4.69) is 13.8 Å². The maximum Gasteiger partial charge on any atom is 0.126 e. The Morgan fingerprint density at radius 1 is 1.38 bits per heavy atom. The maximum absolute atomic E-state index is 13.1. The highest BCUT2D eigenvalue weighted by atomic mass is 19.1. The zero-order valence-corrected chi connectivity index (χ0v) is 10.2. The van der Waals surface area contributed by atoms with E-state index in [9.17, 15) is 4.39 Å². The molecule has 0 bridgehead atoms. The molecule has 0 aromatic heterocycles. The third-order valence-electron chi connectivity index (χ3n) is 2.69. The molecule has 1 rings (SSSR count). The van der Waals surface area contributed by atoms with Gasteiger partial charge in [-0.05, 0) is 18.9 Å². The summed E-state index contributed by atoms with van der Waals surface area (Å²) in [4.78, 5) is 0. The first kappa shape index (κ1) is 13.0. The van der Waals surface area contributed by atoms with Gasteiger partial charge in [0.25, 0.3) is 0 Å². The summed E-state index contributed by atoms with van der Waals surface area (Å²) in [5.41, 5.74) is 6.65. The van der Waals surface area contributed by atoms with Crippen LogP contribution in [-0.2, 0) is 0 Å². The van der Waals surface area contributed by atoms with Crippen molar-refractivity contribution < 1.29 is 9.13 Å². The molecule has 0 saturated carbocycles. The monoisotopic (exact) mass is 225 g/mol. The minimum Gasteiger partial charge on any atom is -0.493 e. The topological polar surface area (TPSA) is 35.2 Å². The van der Waals surface area contributed by atoms with Crippen LogP contribution >= 0.6 is 0 Å². The average molecular weight is 225 g/mol. The molecule has 0 aliphatic rings. The fourth-order valence-corrected chi connectivity index (χ4v) is 1.36. The Bertz CT molecular complexity index is 339. The summed E-state index contributed by atoms with van der Waals surface area (Å²) in [6.07, 6.45) is 1.04. The molecular formula is C13H20FNO. The quantitative estimate of drug-likeness (QED) is 0.834. The van der Waals surface area contributed by atoms with Gasteiger partial charge in [0.2, 0.25) is 0 Å². The van der Waals surface area contributed by atoms with Gasteiger partial charge in [0.15, 0.2) is 0 Å². The van der Waals surface area contributed by atoms with Crippen molar-refractivity contribution in [1.82, 2.24) is 0 Å². The first-order valence-electron chi connectivity index (χ1n) is 5.72. The Morgan fingerprint density at radius 2 is 2.06 bits per heavy atom. The van der Waals surface area contributed by atoms with Gasteiger partial charge in [-0.2, -0.15) is 0 Å². The lowest BCUT2D eigenvalue weighted by Gasteiger charge is -2.16. The zero-order chi connectivity index (χ0) is 12.1. The fourth-order valence-electron chi connectivity index (χ4n) is 1.36. The molecule has 1 aromatic rings. The van der Waals surface area contributed by atoms with Crippen molar-refractivity contribution in [2.24, 2.45) is 11.7 Å². The second-order valence-corrected chi connectivity index (χ2v) is 4.30. The van der Waals surface area contributed by atoms with Gasteiger partial charge in [0.05, 0.1) is 6.61 Å². The molecule has 2 atom stereocenters. The summed E-state index contributed by atoms with van der Waals surface area (Å²) in [5, 5.41) is 0. The van der Waals surface area contributed by atoms with Crippen molar-refractivity contribution in [3.05, 3.63) is 29.6 Å².